The zero-order chi connectivity index (χ0) is 21.0. The van der Waals surface area contributed by atoms with Gasteiger partial charge in [0.15, 0.2) is 12.1 Å². The molecule has 164 valence electrons. The smallest absolute Gasteiger partial charge is 0.190 e. The highest BCUT2D eigenvalue weighted by atomic mass is 16.8. The highest BCUT2D eigenvalue weighted by Crippen LogP contribution is 2.49. The fourth-order valence-electron chi connectivity index (χ4n) is 5.47. The topological polar surface area (TPSA) is 49.4 Å². The molecule has 0 spiro atoms. The quantitative estimate of drug-likeness (QED) is 0.725. The Labute approximate surface area is 182 Å². The molecular formula is C25H29NO5. The lowest BCUT2D eigenvalue weighted by Crippen LogP contribution is -2.49. The van der Waals surface area contributed by atoms with E-state index in [0.29, 0.717) is 6.61 Å². The lowest BCUT2D eigenvalue weighted by molar-refractivity contribution is -0.238. The van der Waals surface area contributed by atoms with Crippen LogP contribution >= 0.6 is 0 Å². The van der Waals surface area contributed by atoms with E-state index in [-0.39, 0.29) is 36.5 Å². The van der Waals surface area contributed by atoms with E-state index in [1.807, 2.05) is 32.0 Å². The third-order valence-electron chi connectivity index (χ3n) is 6.77. The number of ether oxygens (including phenoxy) is 4. The third kappa shape index (κ3) is 3.61. The molecule has 31 heavy (non-hydrogen) atoms. The van der Waals surface area contributed by atoms with Crippen LogP contribution in [0, 0.1) is 0 Å². The van der Waals surface area contributed by atoms with Crippen molar-refractivity contribution in [2.24, 2.45) is 0 Å². The van der Waals surface area contributed by atoms with Gasteiger partial charge in [0, 0.05) is 0 Å². The van der Waals surface area contributed by atoms with Gasteiger partial charge in [-0.05, 0) is 37.8 Å². The molecule has 4 saturated heterocycles. The van der Waals surface area contributed by atoms with Gasteiger partial charge in [0.2, 0.25) is 0 Å². The number of rotatable bonds is 5. The number of fused-ring (bicyclic) bond motifs is 3. The van der Waals surface area contributed by atoms with Gasteiger partial charge < -0.3 is 18.9 Å². The lowest BCUT2D eigenvalue weighted by Gasteiger charge is -2.36. The molecule has 1 unspecified atom stereocenters. The molecule has 2 aromatic carbocycles. The summed E-state index contributed by atoms with van der Waals surface area (Å²) in [5.41, 5.74) is 2.41. The maximum absolute atomic E-state index is 6.46. The monoisotopic (exact) mass is 423 g/mol. The van der Waals surface area contributed by atoms with Gasteiger partial charge in [0.25, 0.3) is 0 Å². The Bertz CT molecular complexity index is 907. The normalized spacial score (nSPS) is 40.3. The SMILES string of the molecule is CC1(C)O[C@H]2O[C@H]([C@@H]3C[C@H]4C[C@@H](c5ccccc5)N3O4)[C@H](OCc3ccccc3)[C@H]2O1. The minimum absolute atomic E-state index is 0.102. The van der Waals surface area contributed by atoms with Gasteiger partial charge >= 0.3 is 0 Å². The first-order valence-electron chi connectivity index (χ1n) is 11.2. The lowest BCUT2D eigenvalue weighted by atomic mass is 9.89. The van der Waals surface area contributed by atoms with Crippen molar-refractivity contribution in [2.75, 3.05) is 0 Å². The number of piperidine rings is 1. The van der Waals surface area contributed by atoms with Crippen molar-refractivity contribution >= 4 is 0 Å². The van der Waals surface area contributed by atoms with Crippen LogP contribution in [0.5, 0.6) is 0 Å². The van der Waals surface area contributed by atoms with Gasteiger partial charge in [0.05, 0.1) is 24.8 Å². The molecule has 4 aliphatic rings. The summed E-state index contributed by atoms with van der Waals surface area (Å²) in [5.74, 6) is -0.674. The Hall–Kier alpha value is -1.80. The molecule has 8 atom stereocenters. The molecule has 4 aliphatic heterocycles. The molecule has 0 aromatic heterocycles. The van der Waals surface area contributed by atoms with Crippen molar-refractivity contribution in [3.05, 3.63) is 71.8 Å². The highest BCUT2D eigenvalue weighted by molar-refractivity contribution is 5.21. The van der Waals surface area contributed by atoms with Crippen molar-refractivity contribution < 1.29 is 23.8 Å². The number of nitrogens with zero attached hydrogens (tertiary/aromatic N) is 1. The average Bonchev–Trinajstić information content (AvgIpc) is 3.52. The van der Waals surface area contributed by atoms with Crippen LogP contribution in [0.2, 0.25) is 0 Å². The van der Waals surface area contributed by atoms with E-state index in [9.17, 15) is 0 Å². The van der Waals surface area contributed by atoms with Crippen LogP contribution in [0.25, 0.3) is 0 Å². The zero-order valence-corrected chi connectivity index (χ0v) is 17.9. The molecular weight excluding hydrogens is 394 g/mol. The Morgan fingerprint density at radius 1 is 0.935 bits per heavy atom. The maximum Gasteiger partial charge on any atom is 0.190 e. The first-order valence-corrected chi connectivity index (χ1v) is 11.2. The van der Waals surface area contributed by atoms with Gasteiger partial charge in [-0.25, -0.2) is 0 Å². The van der Waals surface area contributed by atoms with Crippen LogP contribution < -0.4 is 0 Å². The van der Waals surface area contributed by atoms with Gasteiger partial charge in [0.1, 0.15) is 18.3 Å². The molecule has 6 nitrogen and oxygen atoms in total. The van der Waals surface area contributed by atoms with Crippen molar-refractivity contribution in [3.8, 4) is 0 Å². The summed E-state index contributed by atoms with van der Waals surface area (Å²) < 4.78 is 25.2. The molecule has 0 aliphatic carbocycles. The third-order valence-corrected chi connectivity index (χ3v) is 6.77. The Morgan fingerprint density at radius 3 is 2.42 bits per heavy atom. The molecule has 2 bridgehead atoms. The average molecular weight is 424 g/mol. The number of hydrogen-bond acceptors (Lipinski definition) is 6. The van der Waals surface area contributed by atoms with Crippen LogP contribution in [-0.4, -0.2) is 47.6 Å². The van der Waals surface area contributed by atoms with E-state index in [1.54, 1.807) is 0 Å². The number of hydroxylamine groups is 2. The molecule has 4 fully saturated rings. The molecule has 0 saturated carbocycles. The molecule has 4 heterocycles. The van der Waals surface area contributed by atoms with E-state index >= 15 is 0 Å². The van der Waals surface area contributed by atoms with E-state index in [0.717, 1.165) is 18.4 Å². The van der Waals surface area contributed by atoms with Crippen LogP contribution in [0.4, 0.5) is 0 Å². The predicted molar refractivity (Wildman–Crippen MR) is 113 cm³/mol. The summed E-state index contributed by atoms with van der Waals surface area (Å²) in [7, 11) is 0. The number of benzene rings is 2. The van der Waals surface area contributed by atoms with E-state index in [1.165, 1.54) is 5.56 Å². The van der Waals surface area contributed by atoms with E-state index < -0.39 is 12.1 Å². The second-order valence-electron chi connectivity index (χ2n) is 9.38. The maximum atomic E-state index is 6.46. The summed E-state index contributed by atoms with van der Waals surface area (Å²) in [5, 5.41) is 2.15. The Morgan fingerprint density at radius 2 is 1.68 bits per heavy atom. The highest BCUT2D eigenvalue weighted by Gasteiger charge is 2.61. The van der Waals surface area contributed by atoms with E-state index in [4.69, 9.17) is 23.8 Å². The Kier molecular flexibility index (Phi) is 4.90. The predicted octanol–water partition coefficient (Wildman–Crippen LogP) is 3.97. The Balaban J connectivity index is 1.24. The molecule has 0 radical (unpaired) electrons. The second kappa shape index (κ2) is 7.66. The summed E-state index contributed by atoms with van der Waals surface area (Å²) in [6, 6.07) is 21.1. The molecule has 0 amide bonds. The van der Waals surface area contributed by atoms with Crippen molar-refractivity contribution in [1.29, 1.82) is 0 Å². The fraction of sp³-hybridized carbons (Fsp3) is 0.520. The van der Waals surface area contributed by atoms with Crippen LogP contribution in [-0.2, 0) is 30.4 Å². The van der Waals surface area contributed by atoms with E-state index in [2.05, 4.69) is 47.5 Å². The van der Waals surface area contributed by atoms with Gasteiger partial charge in [-0.1, -0.05) is 60.7 Å². The minimum atomic E-state index is -0.674. The van der Waals surface area contributed by atoms with Crippen LogP contribution in [0.3, 0.4) is 0 Å². The number of hydrogen-bond donors (Lipinski definition) is 0. The van der Waals surface area contributed by atoms with Crippen molar-refractivity contribution in [2.45, 2.75) is 81.9 Å². The van der Waals surface area contributed by atoms with Gasteiger partial charge in [-0.2, -0.15) is 5.06 Å². The fourth-order valence-corrected chi connectivity index (χ4v) is 5.47. The largest absolute Gasteiger partial charge is 0.368 e. The standard InChI is InChI=1S/C25H29NO5/c1-25(2)29-23-22(27-15-16-9-5-3-6-10-16)21(28-24(23)30-25)20-14-18-13-19(26(20)31-18)17-11-7-4-8-12-17/h3-12,18-24H,13-15H2,1-2H3/t18-,19+,20+,21-,22+,23-,24-/m1/s1. The second-order valence-corrected chi connectivity index (χ2v) is 9.38. The van der Waals surface area contributed by atoms with Crippen LogP contribution in [0.1, 0.15) is 43.9 Å². The first kappa shape index (κ1) is 19.9. The molecule has 6 heteroatoms. The summed E-state index contributed by atoms with van der Waals surface area (Å²) >= 11 is 0. The molecule has 6 rings (SSSR count). The van der Waals surface area contributed by atoms with Gasteiger partial charge in [-0.3, -0.25) is 4.84 Å². The molecule has 2 aromatic rings. The van der Waals surface area contributed by atoms with Gasteiger partial charge in [-0.15, -0.1) is 0 Å². The summed E-state index contributed by atoms with van der Waals surface area (Å²) in [6.07, 6.45) is 1.09. The minimum Gasteiger partial charge on any atom is -0.368 e. The van der Waals surface area contributed by atoms with Crippen molar-refractivity contribution in [3.63, 3.8) is 0 Å². The first-order chi connectivity index (χ1) is 15.1. The van der Waals surface area contributed by atoms with Crippen molar-refractivity contribution in [1.82, 2.24) is 5.06 Å². The summed E-state index contributed by atoms with van der Waals surface area (Å²) in [4.78, 5) is 6.25. The summed E-state index contributed by atoms with van der Waals surface area (Å²) in [6.45, 7) is 4.36. The zero-order valence-electron chi connectivity index (χ0n) is 17.9. The molecule has 0 N–H and O–H groups in total. The van der Waals surface area contributed by atoms with Crippen LogP contribution in [0.15, 0.2) is 60.7 Å².